The number of carbonyl (C=O) groups excluding carboxylic acids is 2. The topological polar surface area (TPSA) is 139 Å². The van der Waals surface area contributed by atoms with Crippen LogP contribution in [0.15, 0.2) is 77.7 Å². The van der Waals surface area contributed by atoms with Crippen molar-refractivity contribution in [3.8, 4) is 5.75 Å². The molecule has 1 unspecified atom stereocenters. The van der Waals surface area contributed by atoms with Crippen LogP contribution in [-0.2, 0) is 26.2 Å². The van der Waals surface area contributed by atoms with Gasteiger partial charge in [-0.15, -0.1) is 0 Å². The van der Waals surface area contributed by atoms with Crippen molar-refractivity contribution in [2.75, 3.05) is 24.5 Å². The Morgan fingerprint density at radius 2 is 1.70 bits per heavy atom. The number of amides is 2. The zero-order valence-corrected chi connectivity index (χ0v) is 23.6. The average Bonchev–Trinajstić information content (AvgIpc) is 2.94. The predicted molar refractivity (Wildman–Crippen MR) is 150 cm³/mol. The number of hydrogen-bond donors (Lipinski definition) is 1. The van der Waals surface area contributed by atoms with Gasteiger partial charge < -0.3 is 15.0 Å². The van der Waals surface area contributed by atoms with E-state index in [1.54, 1.807) is 50.2 Å². The third kappa shape index (κ3) is 6.94. The largest absolute Gasteiger partial charge is 0.497 e. The quantitative estimate of drug-likeness (QED) is 0.260. The van der Waals surface area contributed by atoms with Crippen molar-refractivity contribution in [2.45, 2.75) is 38.3 Å². The van der Waals surface area contributed by atoms with Gasteiger partial charge in [-0.25, -0.2) is 8.42 Å². The number of methoxy groups -OCH3 is 1. The molecular weight excluding hydrogens is 536 g/mol. The van der Waals surface area contributed by atoms with Gasteiger partial charge in [0.15, 0.2) is 0 Å². The number of nitrogens with one attached hydrogen (secondary N) is 1. The minimum atomic E-state index is -4.46. The number of likely N-dealkylation sites (N-methyl/N-ethyl adjacent to an activating group) is 1. The van der Waals surface area contributed by atoms with Crippen molar-refractivity contribution < 1.29 is 27.7 Å². The monoisotopic (exact) mass is 568 g/mol. The maximum atomic E-state index is 13.9. The van der Waals surface area contributed by atoms with Crippen LogP contribution < -0.4 is 14.4 Å². The van der Waals surface area contributed by atoms with Gasteiger partial charge in [0.1, 0.15) is 18.3 Å². The molecule has 0 aromatic heterocycles. The summed E-state index contributed by atoms with van der Waals surface area (Å²) in [6.45, 7) is 4.59. The standard InChI is InChI=1S/C28H32N4O7S/c1-5-29-28(34)21(3)30(18-22-9-7-6-8-10-22)27(33)19-31(23-12-14-24(39-4)15-13-23)40(37,38)25-16-11-20(2)26(17-25)32(35)36/h6-17,21H,5,18-19H2,1-4H3,(H,29,34). The molecule has 0 saturated carbocycles. The second kappa shape index (κ2) is 13.1. The molecule has 0 aliphatic heterocycles. The summed E-state index contributed by atoms with van der Waals surface area (Å²) in [5, 5.41) is 14.2. The van der Waals surface area contributed by atoms with Gasteiger partial charge in [0, 0.05) is 24.7 Å². The van der Waals surface area contributed by atoms with Crippen molar-refractivity contribution in [1.29, 1.82) is 0 Å². The van der Waals surface area contributed by atoms with E-state index in [9.17, 15) is 28.1 Å². The van der Waals surface area contributed by atoms with E-state index in [0.717, 1.165) is 15.9 Å². The fourth-order valence-electron chi connectivity index (χ4n) is 4.04. The van der Waals surface area contributed by atoms with Crippen LogP contribution in [0.4, 0.5) is 11.4 Å². The van der Waals surface area contributed by atoms with E-state index in [1.807, 2.05) is 6.07 Å². The van der Waals surface area contributed by atoms with Crippen LogP contribution in [0.2, 0.25) is 0 Å². The molecule has 0 bridgehead atoms. The molecule has 2 amide bonds. The van der Waals surface area contributed by atoms with E-state index >= 15 is 0 Å². The number of anilines is 1. The first-order valence-electron chi connectivity index (χ1n) is 12.5. The third-order valence-electron chi connectivity index (χ3n) is 6.32. The van der Waals surface area contributed by atoms with Gasteiger partial charge in [-0.2, -0.15) is 0 Å². The zero-order chi connectivity index (χ0) is 29.4. The van der Waals surface area contributed by atoms with E-state index < -0.39 is 33.4 Å². The molecular formula is C28H32N4O7S. The maximum Gasteiger partial charge on any atom is 0.273 e. The molecule has 212 valence electrons. The summed E-state index contributed by atoms with van der Waals surface area (Å²) < 4.78 is 33.9. The van der Waals surface area contributed by atoms with E-state index in [2.05, 4.69) is 5.32 Å². The first-order chi connectivity index (χ1) is 19.0. The van der Waals surface area contributed by atoms with Gasteiger partial charge in [-0.3, -0.25) is 24.0 Å². The lowest BCUT2D eigenvalue weighted by Crippen LogP contribution is -2.51. The SMILES string of the molecule is CCNC(=O)C(C)N(Cc1ccccc1)C(=O)CN(c1ccc(OC)cc1)S(=O)(=O)c1ccc(C)c([N+](=O)[O-])c1. The molecule has 0 fully saturated rings. The Morgan fingerprint density at radius 1 is 1.05 bits per heavy atom. The second-order valence-corrected chi connectivity index (χ2v) is 10.9. The van der Waals surface area contributed by atoms with Crippen LogP contribution >= 0.6 is 0 Å². The zero-order valence-electron chi connectivity index (χ0n) is 22.7. The van der Waals surface area contributed by atoms with Crippen LogP contribution in [0, 0.1) is 17.0 Å². The average molecular weight is 569 g/mol. The number of nitro groups is 1. The van der Waals surface area contributed by atoms with Crippen LogP contribution in [0.1, 0.15) is 25.0 Å². The first-order valence-corrected chi connectivity index (χ1v) is 14.0. The van der Waals surface area contributed by atoms with Crippen molar-refractivity contribution in [1.82, 2.24) is 10.2 Å². The highest BCUT2D eigenvalue weighted by Gasteiger charge is 2.33. The molecule has 0 aliphatic carbocycles. The van der Waals surface area contributed by atoms with E-state index in [0.29, 0.717) is 17.9 Å². The van der Waals surface area contributed by atoms with Crippen molar-refractivity contribution in [3.63, 3.8) is 0 Å². The molecule has 3 aromatic carbocycles. The van der Waals surface area contributed by atoms with Crippen LogP contribution in [-0.4, -0.2) is 56.3 Å². The predicted octanol–water partition coefficient (Wildman–Crippen LogP) is 3.66. The normalized spacial score (nSPS) is 11.8. The van der Waals surface area contributed by atoms with E-state index in [4.69, 9.17) is 4.74 Å². The highest BCUT2D eigenvalue weighted by atomic mass is 32.2. The highest BCUT2D eigenvalue weighted by molar-refractivity contribution is 7.92. The lowest BCUT2D eigenvalue weighted by atomic mass is 10.1. The smallest absolute Gasteiger partial charge is 0.273 e. The van der Waals surface area contributed by atoms with Crippen molar-refractivity contribution in [2.24, 2.45) is 0 Å². The van der Waals surface area contributed by atoms with Crippen LogP contribution in [0.3, 0.4) is 0 Å². The molecule has 0 saturated heterocycles. The Balaban J connectivity index is 2.08. The van der Waals surface area contributed by atoms with Crippen LogP contribution in [0.25, 0.3) is 0 Å². The van der Waals surface area contributed by atoms with Gasteiger partial charge >= 0.3 is 0 Å². The molecule has 40 heavy (non-hydrogen) atoms. The fraction of sp³-hybridized carbons (Fsp3) is 0.286. The Bertz CT molecular complexity index is 1460. The molecule has 0 heterocycles. The molecule has 0 aliphatic rings. The molecule has 0 spiro atoms. The first kappa shape index (κ1) is 30.1. The minimum Gasteiger partial charge on any atom is -0.497 e. The number of benzene rings is 3. The maximum absolute atomic E-state index is 13.9. The molecule has 11 nitrogen and oxygen atoms in total. The number of ether oxygens (including phenoxy) is 1. The van der Waals surface area contributed by atoms with Gasteiger partial charge in [0.25, 0.3) is 15.7 Å². The second-order valence-electron chi connectivity index (χ2n) is 8.99. The molecule has 3 rings (SSSR count). The number of aryl methyl sites for hydroxylation is 1. The summed E-state index contributed by atoms with van der Waals surface area (Å²) in [7, 11) is -3.00. The number of carbonyl (C=O) groups is 2. The number of nitrogens with zero attached hydrogens (tertiary/aromatic N) is 3. The molecule has 0 radical (unpaired) electrons. The number of rotatable bonds is 12. The lowest BCUT2D eigenvalue weighted by molar-refractivity contribution is -0.385. The molecule has 3 aromatic rings. The Labute approximate surface area is 233 Å². The Hall–Kier alpha value is -4.45. The van der Waals surface area contributed by atoms with Crippen molar-refractivity contribution in [3.05, 3.63) is 94.0 Å². The lowest BCUT2D eigenvalue weighted by Gasteiger charge is -2.32. The summed E-state index contributed by atoms with van der Waals surface area (Å²) in [5.74, 6) is -0.558. The fourth-order valence-corrected chi connectivity index (χ4v) is 5.47. The summed E-state index contributed by atoms with van der Waals surface area (Å²) >= 11 is 0. The number of sulfonamides is 1. The van der Waals surface area contributed by atoms with Gasteiger partial charge in [0.05, 0.1) is 22.6 Å². The molecule has 12 heteroatoms. The Kier molecular flexibility index (Phi) is 9.83. The van der Waals surface area contributed by atoms with Crippen LogP contribution in [0.5, 0.6) is 5.75 Å². The van der Waals surface area contributed by atoms with Gasteiger partial charge in [-0.05, 0) is 56.7 Å². The minimum absolute atomic E-state index is 0.0600. The van der Waals surface area contributed by atoms with Gasteiger partial charge in [0.2, 0.25) is 11.8 Å². The summed E-state index contributed by atoms with van der Waals surface area (Å²) in [6.07, 6.45) is 0. The molecule has 1 N–H and O–H groups in total. The summed E-state index contributed by atoms with van der Waals surface area (Å²) in [4.78, 5) is 38.4. The summed E-state index contributed by atoms with van der Waals surface area (Å²) in [6, 6.07) is 17.7. The Morgan fingerprint density at radius 3 is 2.27 bits per heavy atom. The van der Waals surface area contributed by atoms with Crippen molar-refractivity contribution >= 4 is 33.2 Å². The third-order valence-corrected chi connectivity index (χ3v) is 8.09. The number of nitro benzene ring substituents is 1. The number of hydrogen-bond acceptors (Lipinski definition) is 7. The highest BCUT2D eigenvalue weighted by Crippen LogP contribution is 2.29. The van der Waals surface area contributed by atoms with E-state index in [-0.39, 0.29) is 28.7 Å². The summed E-state index contributed by atoms with van der Waals surface area (Å²) in [5.41, 5.74) is 0.821. The molecule has 1 atom stereocenters. The van der Waals surface area contributed by atoms with Gasteiger partial charge in [-0.1, -0.05) is 36.4 Å². The van der Waals surface area contributed by atoms with E-state index in [1.165, 1.54) is 43.2 Å².